The molecule has 0 fully saturated rings. The zero-order chi connectivity index (χ0) is 25.5. The summed E-state index contributed by atoms with van der Waals surface area (Å²) in [4.78, 5) is 50.5. The summed E-state index contributed by atoms with van der Waals surface area (Å²) >= 11 is 11.6. The number of para-hydroxylation sites is 1. The maximum atomic E-state index is 13.1. The standard InChI is InChI=1S/C25H19Cl2NO7/c1-14-4-2-3-5-19(14)28-22(29)20(34-24(32)15-6-10-17(26)11-7-15)21(23(30)31)35-25(33)16-8-12-18(27)13-9-16/h2-13,20-21H,1H3,(H,28,29)(H,30,31)/t20-,21+/m0/s1. The highest BCUT2D eigenvalue weighted by Gasteiger charge is 2.41. The van der Waals surface area contributed by atoms with Crippen molar-refractivity contribution in [3.63, 3.8) is 0 Å². The number of amides is 1. The zero-order valence-corrected chi connectivity index (χ0v) is 19.7. The average molecular weight is 516 g/mol. The van der Waals surface area contributed by atoms with Crippen molar-refractivity contribution in [1.82, 2.24) is 0 Å². The normalized spacial score (nSPS) is 12.2. The quantitative estimate of drug-likeness (QED) is 0.414. The van der Waals surface area contributed by atoms with Crippen LogP contribution in [-0.4, -0.2) is 41.1 Å². The Bertz CT molecular complexity index is 1240. The van der Waals surface area contributed by atoms with Crippen LogP contribution in [0.5, 0.6) is 0 Å². The number of carbonyl (C=O) groups excluding carboxylic acids is 3. The Kier molecular flexibility index (Phi) is 8.46. The number of carbonyl (C=O) groups is 4. The summed E-state index contributed by atoms with van der Waals surface area (Å²) in [5, 5.41) is 13.0. The second-order valence-electron chi connectivity index (χ2n) is 7.31. The number of halogens is 2. The van der Waals surface area contributed by atoms with Crippen LogP contribution in [-0.2, 0) is 19.1 Å². The lowest BCUT2D eigenvalue weighted by Crippen LogP contribution is -2.48. The monoisotopic (exact) mass is 515 g/mol. The third kappa shape index (κ3) is 6.81. The molecule has 0 bridgehead atoms. The number of hydrogen-bond acceptors (Lipinski definition) is 6. The van der Waals surface area contributed by atoms with Crippen molar-refractivity contribution >= 4 is 52.7 Å². The van der Waals surface area contributed by atoms with Crippen molar-refractivity contribution in [3.05, 3.63) is 99.5 Å². The van der Waals surface area contributed by atoms with E-state index in [-0.39, 0.29) is 11.1 Å². The summed E-state index contributed by atoms with van der Waals surface area (Å²) in [6, 6.07) is 17.7. The molecule has 0 aliphatic carbocycles. The second kappa shape index (κ2) is 11.5. The van der Waals surface area contributed by atoms with Gasteiger partial charge < -0.3 is 19.9 Å². The molecule has 2 atom stereocenters. The lowest BCUT2D eigenvalue weighted by Gasteiger charge is -2.24. The molecule has 0 saturated heterocycles. The van der Waals surface area contributed by atoms with Crippen LogP contribution in [0.3, 0.4) is 0 Å². The van der Waals surface area contributed by atoms with Gasteiger partial charge in [0.25, 0.3) is 5.91 Å². The Balaban J connectivity index is 1.91. The van der Waals surface area contributed by atoms with Crippen LogP contribution < -0.4 is 5.32 Å². The predicted octanol–water partition coefficient (Wildman–Crippen LogP) is 4.78. The SMILES string of the molecule is Cc1ccccc1NC(=O)[C@@H](OC(=O)c1ccc(Cl)cc1)[C@@H](OC(=O)c1ccc(Cl)cc1)C(=O)O. The van der Waals surface area contributed by atoms with Gasteiger partial charge >= 0.3 is 17.9 Å². The number of aryl methyl sites for hydroxylation is 1. The first-order valence-corrected chi connectivity index (χ1v) is 10.9. The maximum absolute atomic E-state index is 13.1. The number of anilines is 1. The van der Waals surface area contributed by atoms with E-state index in [1.807, 2.05) is 0 Å². The van der Waals surface area contributed by atoms with Gasteiger partial charge in [-0.2, -0.15) is 0 Å². The second-order valence-corrected chi connectivity index (χ2v) is 8.18. The largest absolute Gasteiger partial charge is 0.478 e. The molecule has 0 saturated carbocycles. The van der Waals surface area contributed by atoms with Crippen LogP contribution in [0.1, 0.15) is 26.3 Å². The summed E-state index contributed by atoms with van der Waals surface area (Å²) in [6.45, 7) is 1.72. The summed E-state index contributed by atoms with van der Waals surface area (Å²) in [7, 11) is 0. The molecule has 1 amide bonds. The first kappa shape index (κ1) is 25.7. The minimum absolute atomic E-state index is 0.0104. The van der Waals surface area contributed by atoms with Crippen molar-refractivity contribution in [3.8, 4) is 0 Å². The Morgan fingerprint density at radius 2 is 1.20 bits per heavy atom. The van der Waals surface area contributed by atoms with Gasteiger partial charge in [0.1, 0.15) is 0 Å². The fourth-order valence-electron chi connectivity index (χ4n) is 2.95. The van der Waals surface area contributed by atoms with Crippen LogP contribution >= 0.6 is 23.2 Å². The molecule has 180 valence electrons. The number of hydrogen-bond donors (Lipinski definition) is 2. The van der Waals surface area contributed by atoms with Crippen molar-refractivity contribution in [2.45, 2.75) is 19.1 Å². The molecule has 2 N–H and O–H groups in total. The molecular formula is C25H19Cl2NO7. The van der Waals surface area contributed by atoms with Crippen LogP contribution in [0.4, 0.5) is 5.69 Å². The highest BCUT2D eigenvalue weighted by molar-refractivity contribution is 6.31. The van der Waals surface area contributed by atoms with Crippen LogP contribution in [0, 0.1) is 6.92 Å². The summed E-state index contributed by atoms with van der Waals surface area (Å²) < 4.78 is 10.4. The number of rotatable bonds is 8. The minimum atomic E-state index is -2.15. The molecule has 3 aromatic rings. The molecule has 0 radical (unpaired) electrons. The third-order valence-electron chi connectivity index (χ3n) is 4.81. The van der Waals surface area contributed by atoms with E-state index in [4.69, 9.17) is 32.7 Å². The summed E-state index contributed by atoms with van der Waals surface area (Å²) in [5.41, 5.74) is 1.03. The molecule has 0 spiro atoms. The van der Waals surface area contributed by atoms with Gasteiger partial charge in [0.05, 0.1) is 11.1 Å². The molecule has 35 heavy (non-hydrogen) atoms. The van der Waals surface area contributed by atoms with Gasteiger partial charge in [0, 0.05) is 15.7 Å². The number of carboxylic acids is 1. The lowest BCUT2D eigenvalue weighted by atomic mass is 10.1. The van der Waals surface area contributed by atoms with Gasteiger partial charge in [-0.05, 0) is 67.1 Å². The molecule has 8 nitrogen and oxygen atoms in total. The topological polar surface area (TPSA) is 119 Å². The lowest BCUT2D eigenvalue weighted by molar-refractivity contribution is -0.157. The Morgan fingerprint density at radius 3 is 1.66 bits per heavy atom. The molecule has 3 aromatic carbocycles. The molecular weight excluding hydrogens is 497 g/mol. The van der Waals surface area contributed by atoms with E-state index in [9.17, 15) is 24.3 Å². The molecule has 0 unspecified atom stereocenters. The van der Waals surface area contributed by atoms with Crippen molar-refractivity contribution in [2.24, 2.45) is 0 Å². The number of benzene rings is 3. The van der Waals surface area contributed by atoms with Gasteiger partial charge in [-0.25, -0.2) is 14.4 Å². The number of aliphatic carboxylic acids is 1. The minimum Gasteiger partial charge on any atom is -0.478 e. The highest BCUT2D eigenvalue weighted by atomic mass is 35.5. The maximum Gasteiger partial charge on any atom is 0.349 e. The molecule has 0 aliphatic heterocycles. The van der Waals surface area contributed by atoms with Crippen LogP contribution in [0.15, 0.2) is 72.8 Å². The van der Waals surface area contributed by atoms with E-state index < -0.39 is 36.0 Å². The van der Waals surface area contributed by atoms with Gasteiger partial charge in [-0.3, -0.25) is 4.79 Å². The van der Waals surface area contributed by atoms with Crippen LogP contribution in [0.25, 0.3) is 0 Å². The van der Waals surface area contributed by atoms with E-state index in [0.29, 0.717) is 21.3 Å². The number of esters is 2. The average Bonchev–Trinajstić information content (AvgIpc) is 2.83. The first-order valence-electron chi connectivity index (χ1n) is 10.2. The fraction of sp³-hybridized carbons (Fsp3) is 0.120. The number of nitrogens with one attached hydrogen (secondary N) is 1. The molecule has 3 rings (SSSR count). The Morgan fingerprint density at radius 1 is 0.743 bits per heavy atom. The smallest absolute Gasteiger partial charge is 0.349 e. The predicted molar refractivity (Wildman–Crippen MR) is 129 cm³/mol. The molecule has 10 heteroatoms. The molecule has 0 heterocycles. The van der Waals surface area contributed by atoms with E-state index in [1.165, 1.54) is 48.5 Å². The summed E-state index contributed by atoms with van der Waals surface area (Å²) in [5.74, 6) is -4.76. The van der Waals surface area contributed by atoms with Crippen molar-refractivity contribution in [1.29, 1.82) is 0 Å². The molecule has 0 aromatic heterocycles. The van der Waals surface area contributed by atoms with E-state index in [1.54, 1.807) is 31.2 Å². The van der Waals surface area contributed by atoms with E-state index in [2.05, 4.69) is 5.32 Å². The zero-order valence-electron chi connectivity index (χ0n) is 18.2. The third-order valence-corrected chi connectivity index (χ3v) is 5.31. The first-order chi connectivity index (χ1) is 16.7. The Hall–Kier alpha value is -3.88. The van der Waals surface area contributed by atoms with Gasteiger partial charge in [0.15, 0.2) is 0 Å². The molecule has 0 aliphatic rings. The van der Waals surface area contributed by atoms with Crippen molar-refractivity contribution in [2.75, 3.05) is 5.32 Å². The number of carboxylic acid groups (broad SMARTS) is 1. The highest BCUT2D eigenvalue weighted by Crippen LogP contribution is 2.19. The van der Waals surface area contributed by atoms with E-state index in [0.717, 1.165) is 0 Å². The van der Waals surface area contributed by atoms with Gasteiger partial charge in [-0.15, -0.1) is 0 Å². The van der Waals surface area contributed by atoms with Crippen LogP contribution in [0.2, 0.25) is 10.0 Å². The van der Waals surface area contributed by atoms with Gasteiger partial charge in [-0.1, -0.05) is 41.4 Å². The fourth-order valence-corrected chi connectivity index (χ4v) is 3.20. The Labute approximate surface area is 210 Å². The number of ether oxygens (including phenoxy) is 2. The van der Waals surface area contributed by atoms with Gasteiger partial charge in [0.2, 0.25) is 12.2 Å². The summed E-state index contributed by atoms with van der Waals surface area (Å²) in [6.07, 6.45) is -4.18. The van der Waals surface area contributed by atoms with E-state index >= 15 is 0 Å². The van der Waals surface area contributed by atoms with Crippen molar-refractivity contribution < 1.29 is 33.8 Å².